The minimum Gasteiger partial charge on any atom is -0.374 e. The number of hydrogen-bond donors (Lipinski definition) is 2. The molecule has 3 rings (SSSR count). The minimum absolute atomic E-state index is 0.275. The van der Waals surface area contributed by atoms with Crippen LogP contribution in [0.2, 0.25) is 0 Å². The Balaban J connectivity index is 1.76. The summed E-state index contributed by atoms with van der Waals surface area (Å²) < 4.78 is 5.74. The molecule has 2 aromatic rings. The second-order valence-electron chi connectivity index (χ2n) is 4.80. The highest BCUT2D eigenvalue weighted by Gasteiger charge is 2.17. The molecule has 2 heterocycles. The van der Waals surface area contributed by atoms with E-state index in [2.05, 4.69) is 52.7 Å². The molecule has 1 saturated heterocycles. The zero-order valence-corrected chi connectivity index (χ0v) is 10.6. The summed E-state index contributed by atoms with van der Waals surface area (Å²) in [6, 6.07) is 8.38. The van der Waals surface area contributed by atoms with E-state index in [0.29, 0.717) is 0 Å². The maximum absolute atomic E-state index is 5.74. The van der Waals surface area contributed by atoms with E-state index >= 15 is 0 Å². The molecule has 0 spiro atoms. The number of para-hydroxylation sites is 1. The van der Waals surface area contributed by atoms with Gasteiger partial charge in [0.25, 0.3) is 0 Å². The number of morpholine rings is 1. The number of likely N-dealkylation sites (N-methyl/N-ethyl adjacent to an activating group) is 1. The lowest BCUT2D eigenvalue weighted by Gasteiger charge is -2.28. The molecule has 1 aromatic carbocycles. The first-order valence-electron chi connectivity index (χ1n) is 6.44. The van der Waals surface area contributed by atoms with E-state index in [1.807, 2.05) is 0 Å². The number of aromatic amines is 1. The molecule has 4 nitrogen and oxygen atoms in total. The van der Waals surface area contributed by atoms with Gasteiger partial charge in [-0.05, 0) is 6.07 Å². The Kier molecular flexibility index (Phi) is 3.21. The van der Waals surface area contributed by atoms with Crippen LogP contribution in [0, 0.1) is 0 Å². The lowest BCUT2D eigenvalue weighted by Crippen LogP contribution is -2.44. The summed E-state index contributed by atoms with van der Waals surface area (Å²) in [7, 11) is 2.12. The minimum atomic E-state index is 0.275. The van der Waals surface area contributed by atoms with Gasteiger partial charge in [-0.25, -0.2) is 0 Å². The monoisotopic (exact) mass is 245 g/mol. The average Bonchev–Trinajstić information content (AvgIpc) is 2.84. The summed E-state index contributed by atoms with van der Waals surface area (Å²) in [6.07, 6.45) is 2.35. The highest BCUT2D eigenvalue weighted by Crippen LogP contribution is 2.25. The van der Waals surface area contributed by atoms with E-state index < -0.39 is 0 Å². The fourth-order valence-electron chi connectivity index (χ4n) is 2.51. The molecular weight excluding hydrogens is 226 g/mol. The molecule has 0 saturated carbocycles. The van der Waals surface area contributed by atoms with Crippen molar-refractivity contribution in [3.8, 4) is 0 Å². The third-order valence-corrected chi connectivity index (χ3v) is 3.46. The lowest BCUT2D eigenvalue weighted by atomic mass is 10.2. The number of fused-ring (bicyclic) bond motifs is 1. The summed E-state index contributed by atoms with van der Waals surface area (Å²) in [5.41, 5.74) is 2.42. The van der Waals surface area contributed by atoms with Crippen LogP contribution in [0.3, 0.4) is 0 Å². The molecule has 1 aliphatic heterocycles. The number of aromatic nitrogens is 1. The molecule has 0 bridgehead atoms. The van der Waals surface area contributed by atoms with Crippen molar-refractivity contribution >= 4 is 16.6 Å². The maximum atomic E-state index is 5.74. The quantitative estimate of drug-likeness (QED) is 0.863. The smallest absolute Gasteiger partial charge is 0.0874 e. The molecule has 0 radical (unpaired) electrons. The molecule has 0 amide bonds. The van der Waals surface area contributed by atoms with Crippen molar-refractivity contribution < 1.29 is 4.74 Å². The van der Waals surface area contributed by atoms with E-state index in [4.69, 9.17) is 4.74 Å². The molecule has 0 aliphatic carbocycles. The fraction of sp³-hybridized carbons (Fsp3) is 0.429. The van der Waals surface area contributed by atoms with Gasteiger partial charge < -0.3 is 19.9 Å². The van der Waals surface area contributed by atoms with Crippen molar-refractivity contribution in [2.45, 2.75) is 6.10 Å². The topological polar surface area (TPSA) is 40.3 Å². The van der Waals surface area contributed by atoms with Gasteiger partial charge in [0.1, 0.15) is 0 Å². The normalized spacial score (nSPS) is 20.2. The van der Waals surface area contributed by atoms with Crippen LogP contribution in [0.1, 0.15) is 0 Å². The van der Waals surface area contributed by atoms with E-state index in [1.165, 1.54) is 16.6 Å². The third-order valence-electron chi connectivity index (χ3n) is 3.46. The third kappa shape index (κ3) is 2.21. The Morgan fingerprint density at radius 3 is 3.11 bits per heavy atom. The Labute approximate surface area is 107 Å². The van der Waals surface area contributed by atoms with Crippen molar-refractivity contribution in [1.82, 2.24) is 10.3 Å². The van der Waals surface area contributed by atoms with Gasteiger partial charge in [-0.1, -0.05) is 18.2 Å². The van der Waals surface area contributed by atoms with Crippen LogP contribution in [0.4, 0.5) is 5.69 Å². The van der Waals surface area contributed by atoms with Crippen molar-refractivity contribution in [3.05, 3.63) is 30.5 Å². The molecule has 1 aromatic heterocycles. The summed E-state index contributed by atoms with van der Waals surface area (Å²) in [6.45, 7) is 3.63. The predicted molar refractivity (Wildman–Crippen MR) is 74.2 cm³/mol. The lowest BCUT2D eigenvalue weighted by molar-refractivity contribution is 0.0340. The van der Waals surface area contributed by atoms with Crippen molar-refractivity contribution in [3.63, 3.8) is 0 Å². The van der Waals surface area contributed by atoms with Crippen LogP contribution in [0.25, 0.3) is 10.9 Å². The van der Waals surface area contributed by atoms with Gasteiger partial charge in [0.2, 0.25) is 0 Å². The molecule has 2 N–H and O–H groups in total. The first kappa shape index (κ1) is 11.6. The Morgan fingerprint density at radius 1 is 1.39 bits per heavy atom. The number of nitrogens with one attached hydrogen (secondary N) is 2. The summed E-state index contributed by atoms with van der Waals surface area (Å²) >= 11 is 0. The number of rotatable bonds is 3. The van der Waals surface area contributed by atoms with E-state index in [0.717, 1.165) is 26.2 Å². The number of hydrogen-bond acceptors (Lipinski definition) is 3. The molecule has 1 atom stereocenters. The Morgan fingerprint density at radius 2 is 2.28 bits per heavy atom. The average molecular weight is 245 g/mol. The Hall–Kier alpha value is -1.52. The van der Waals surface area contributed by atoms with Gasteiger partial charge in [-0.2, -0.15) is 0 Å². The van der Waals surface area contributed by atoms with Crippen molar-refractivity contribution in [1.29, 1.82) is 0 Å². The standard InChI is InChI=1S/C14H19N3O/c1-17(10-11-8-15-6-7-18-11)14-9-16-13-5-3-2-4-12(13)14/h2-5,9,11,15-16H,6-8,10H2,1H3. The zero-order valence-electron chi connectivity index (χ0n) is 10.6. The highest BCUT2D eigenvalue weighted by atomic mass is 16.5. The molecule has 4 heteroatoms. The van der Waals surface area contributed by atoms with Gasteiger partial charge >= 0.3 is 0 Å². The van der Waals surface area contributed by atoms with Gasteiger partial charge in [0.15, 0.2) is 0 Å². The number of nitrogens with zero attached hydrogens (tertiary/aromatic N) is 1. The summed E-state index contributed by atoms with van der Waals surface area (Å²) in [5.74, 6) is 0. The maximum Gasteiger partial charge on any atom is 0.0874 e. The zero-order chi connectivity index (χ0) is 12.4. The van der Waals surface area contributed by atoms with Crippen LogP contribution in [0.5, 0.6) is 0 Å². The van der Waals surface area contributed by atoms with Gasteiger partial charge in [0, 0.05) is 43.8 Å². The number of H-pyrrole nitrogens is 1. The molecule has 96 valence electrons. The van der Waals surface area contributed by atoms with Crippen molar-refractivity contribution in [2.75, 3.05) is 38.2 Å². The van der Waals surface area contributed by atoms with Gasteiger partial charge in [-0.15, -0.1) is 0 Å². The number of benzene rings is 1. The number of ether oxygens (including phenoxy) is 1. The van der Waals surface area contributed by atoms with Gasteiger partial charge in [0.05, 0.1) is 18.4 Å². The molecule has 1 aliphatic rings. The highest BCUT2D eigenvalue weighted by molar-refractivity contribution is 5.92. The van der Waals surface area contributed by atoms with Crippen LogP contribution in [-0.2, 0) is 4.74 Å². The van der Waals surface area contributed by atoms with Crippen molar-refractivity contribution in [2.24, 2.45) is 0 Å². The van der Waals surface area contributed by atoms with Crippen LogP contribution in [0.15, 0.2) is 30.5 Å². The predicted octanol–water partition coefficient (Wildman–Crippen LogP) is 1.59. The second kappa shape index (κ2) is 5.00. The van der Waals surface area contributed by atoms with Crippen LogP contribution in [-0.4, -0.2) is 44.4 Å². The van der Waals surface area contributed by atoms with Crippen LogP contribution < -0.4 is 10.2 Å². The summed E-state index contributed by atoms with van der Waals surface area (Å²) in [5, 5.41) is 4.63. The first-order chi connectivity index (χ1) is 8.84. The van der Waals surface area contributed by atoms with E-state index in [9.17, 15) is 0 Å². The fourth-order valence-corrected chi connectivity index (χ4v) is 2.51. The van der Waals surface area contributed by atoms with Gasteiger partial charge in [-0.3, -0.25) is 0 Å². The molecule has 1 fully saturated rings. The summed E-state index contributed by atoms with van der Waals surface area (Å²) in [4.78, 5) is 5.57. The van der Waals surface area contributed by atoms with Crippen LogP contribution >= 0.6 is 0 Å². The Bertz CT molecular complexity index is 516. The molecular formula is C14H19N3O. The number of anilines is 1. The second-order valence-corrected chi connectivity index (χ2v) is 4.80. The van der Waals surface area contributed by atoms with E-state index in [1.54, 1.807) is 0 Å². The molecule has 1 unspecified atom stereocenters. The largest absolute Gasteiger partial charge is 0.374 e. The first-order valence-corrected chi connectivity index (χ1v) is 6.44. The van der Waals surface area contributed by atoms with E-state index in [-0.39, 0.29) is 6.10 Å². The molecule has 18 heavy (non-hydrogen) atoms. The SMILES string of the molecule is CN(CC1CNCCO1)c1c[nH]c2ccccc12.